The van der Waals surface area contributed by atoms with Crippen LogP contribution in [0, 0.1) is 25.7 Å². The van der Waals surface area contributed by atoms with Gasteiger partial charge in [0.15, 0.2) is 0 Å². The molecule has 1 amide bonds. The summed E-state index contributed by atoms with van der Waals surface area (Å²) in [4.78, 5) is 17.1. The number of fused-ring (bicyclic) bond motifs is 1. The fraction of sp³-hybridized carbons (Fsp3) is 0.727. The predicted octanol–water partition coefficient (Wildman–Crippen LogP) is 1.50. The number of rotatable bonds is 7. The van der Waals surface area contributed by atoms with E-state index in [1.165, 1.54) is 45.3 Å². The third-order valence-corrected chi connectivity index (χ3v) is 7.05. The smallest absolute Gasteiger partial charge is 0.248 e. The molecule has 9 nitrogen and oxygen atoms in total. The van der Waals surface area contributed by atoms with Crippen LogP contribution < -0.4 is 5.32 Å². The van der Waals surface area contributed by atoms with Crippen molar-refractivity contribution in [3.8, 4) is 0 Å². The highest BCUT2D eigenvalue weighted by molar-refractivity contribution is 5.78. The third kappa shape index (κ3) is 4.67. The van der Waals surface area contributed by atoms with E-state index in [9.17, 15) is 4.79 Å². The van der Waals surface area contributed by atoms with Crippen molar-refractivity contribution in [2.75, 3.05) is 51.2 Å². The molecule has 1 N–H and O–H groups in total. The number of hydrogen-bond acceptors (Lipinski definition) is 7. The van der Waals surface area contributed by atoms with Crippen LogP contribution in [0.4, 0.5) is 5.69 Å². The van der Waals surface area contributed by atoms with Gasteiger partial charge in [0.05, 0.1) is 17.5 Å². The number of carbonyl (C=O) groups is 1. The van der Waals surface area contributed by atoms with Crippen molar-refractivity contribution in [3.05, 3.63) is 17.6 Å². The van der Waals surface area contributed by atoms with Crippen molar-refractivity contribution in [2.24, 2.45) is 11.8 Å². The number of morpholine rings is 1. The van der Waals surface area contributed by atoms with E-state index in [2.05, 4.69) is 25.5 Å². The van der Waals surface area contributed by atoms with Crippen LogP contribution in [0.15, 0.2) is 6.33 Å². The zero-order chi connectivity index (χ0) is 21.4. The molecule has 2 aliphatic heterocycles. The minimum atomic E-state index is -0.0384. The van der Waals surface area contributed by atoms with Crippen LogP contribution in [-0.2, 0) is 9.53 Å². The average Bonchev–Trinajstić information content (AvgIpc) is 3.46. The first kappa shape index (κ1) is 20.6. The molecule has 5 rings (SSSR count). The van der Waals surface area contributed by atoms with E-state index in [4.69, 9.17) is 4.74 Å². The largest absolute Gasteiger partial charge is 0.379 e. The monoisotopic (exact) mass is 427 g/mol. The molecular weight excluding hydrogens is 394 g/mol. The van der Waals surface area contributed by atoms with Gasteiger partial charge in [-0.25, -0.2) is 0 Å². The number of nitrogens with zero attached hydrogens (tertiary/aromatic N) is 6. The van der Waals surface area contributed by atoms with E-state index in [-0.39, 0.29) is 18.6 Å². The quantitative estimate of drug-likeness (QED) is 0.716. The molecule has 3 fully saturated rings. The molecule has 1 aliphatic carbocycles. The Balaban J connectivity index is 1.15. The second-order valence-corrected chi connectivity index (χ2v) is 9.48. The molecule has 9 heteroatoms. The highest BCUT2D eigenvalue weighted by Crippen LogP contribution is 2.31. The van der Waals surface area contributed by atoms with Gasteiger partial charge in [0, 0.05) is 26.2 Å². The van der Waals surface area contributed by atoms with Gasteiger partial charge in [0.1, 0.15) is 12.9 Å². The van der Waals surface area contributed by atoms with Gasteiger partial charge >= 0.3 is 0 Å². The van der Waals surface area contributed by atoms with Crippen molar-refractivity contribution in [3.63, 3.8) is 0 Å². The standard InChI is InChI=1S/C22H33N7O2/c1-15-16(2)26-29-14-24-25-22(29)21(15)23-9-19-12-28(20(30)13-31-19)11-18-5-7-27(8-6-18)10-17-3-4-17/h14,17-19,23H,3-13H2,1-2H3. The summed E-state index contributed by atoms with van der Waals surface area (Å²) in [5, 5.41) is 16.1. The lowest BCUT2D eigenvalue weighted by Crippen LogP contribution is -2.51. The van der Waals surface area contributed by atoms with Gasteiger partial charge in [-0.1, -0.05) is 0 Å². The Hall–Kier alpha value is -2.26. The topological polar surface area (TPSA) is 87.9 Å². The predicted molar refractivity (Wildman–Crippen MR) is 117 cm³/mol. The number of amides is 1. The average molecular weight is 428 g/mol. The van der Waals surface area contributed by atoms with E-state index < -0.39 is 0 Å². The van der Waals surface area contributed by atoms with E-state index in [0.29, 0.717) is 24.7 Å². The number of aromatic nitrogens is 4. The van der Waals surface area contributed by atoms with Crippen LogP contribution in [0.2, 0.25) is 0 Å². The summed E-state index contributed by atoms with van der Waals surface area (Å²) in [7, 11) is 0. The van der Waals surface area contributed by atoms with E-state index in [0.717, 1.165) is 29.4 Å². The van der Waals surface area contributed by atoms with Gasteiger partial charge in [0.25, 0.3) is 0 Å². The lowest BCUT2D eigenvalue weighted by atomic mass is 9.95. The second kappa shape index (κ2) is 8.70. The van der Waals surface area contributed by atoms with Crippen molar-refractivity contribution in [1.82, 2.24) is 29.6 Å². The van der Waals surface area contributed by atoms with E-state index >= 15 is 0 Å². The number of carbonyl (C=O) groups excluding carboxylic acids is 1. The first-order valence-electron chi connectivity index (χ1n) is 11.6. The minimum Gasteiger partial charge on any atom is -0.379 e. The molecule has 1 unspecified atom stereocenters. The fourth-order valence-corrected chi connectivity index (χ4v) is 4.79. The normalized spacial score (nSPS) is 23.6. The first-order chi connectivity index (χ1) is 15.1. The summed E-state index contributed by atoms with van der Waals surface area (Å²) in [6.07, 6.45) is 6.79. The Morgan fingerprint density at radius 2 is 1.90 bits per heavy atom. The van der Waals surface area contributed by atoms with E-state index in [1.54, 1.807) is 10.8 Å². The Kier molecular flexibility index (Phi) is 5.79. The molecular formula is C22H33N7O2. The van der Waals surface area contributed by atoms with Crippen molar-refractivity contribution in [2.45, 2.75) is 45.6 Å². The molecule has 2 aromatic rings. The molecule has 0 radical (unpaired) electrons. The summed E-state index contributed by atoms with van der Waals surface area (Å²) in [5.41, 5.74) is 3.64. The Morgan fingerprint density at radius 3 is 2.68 bits per heavy atom. The van der Waals surface area contributed by atoms with Crippen LogP contribution in [0.1, 0.15) is 36.9 Å². The van der Waals surface area contributed by atoms with Crippen LogP contribution in [-0.4, -0.2) is 87.5 Å². The molecule has 0 spiro atoms. The van der Waals surface area contributed by atoms with Crippen molar-refractivity contribution < 1.29 is 9.53 Å². The number of nitrogens with one attached hydrogen (secondary N) is 1. The zero-order valence-corrected chi connectivity index (χ0v) is 18.6. The molecule has 0 bridgehead atoms. The third-order valence-electron chi connectivity index (χ3n) is 7.05. The number of anilines is 1. The van der Waals surface area contributed by atoms with Crippen LogP contribution in [0.25, 0.3) is 5.65 Å². The van der Waals surface area contributed by atoms with Gasteiger partial charge in [0.2, 0.25) is 11.6 Å². The molecule has 31 heavy (non-hydrogen) atoms. The highest BCUT2D eigenvalue weighted by atomic mass is 16.5. The zero-order valence-electron chi connectivity index (χ0n) is 18.6. The highest BCUT2D eigenvalue weighted by Gasteiger charge is 2.31. The number of hydrogen-bond donors (Lipinski definition) is 1. The molecule has 2 saturated heterocycles. The lowest BCUT2D eigenvalue weighted by Gasteiger charge is -2.38. The maximum absolute atomic E-state index is 12.5. The number of likely N-dealkylation sites (tertiary alicyclic amines) is 1. The molecule has 4 heterocycles. The van der Waals surface area contributed by atoms with Gasteiger partial charge in [-0.3, -0.25) is 4.79 Å². The molecule has 3 aliphatic rings. The lowest BCUT2D eigenvalue weighted by molar-refractivity contribution is -0.149. The number of ether oxygens (including phenoxy) is 1. The summed E-state index contributed by atoms with van der Waals surface area (Å²) >= 11 is 0. The summed E-state index contributed by atoms with van der Waals surface area (Å²) in [6, 6.07) is 0. The molecule has 1 saturated carbocycles. The Labute approximate surface area is 183 Å². The SMILES string of the molecule is Cc1nn2cnnc2c(NCC2CN(CC3CCN(CC4CC4)CC3)C(=O)CO2)c1C. The molecule has 0 aromatic carbocycles. The number of aryl methyl sites for hydroxylation is 1. The van der Waals surface area contributed by atoms with Crippen LogP contribution in [0.5, 0.6) is 0 Å². The summed E-state index contributed by atoms with van der Waals surface area (Å²) in [6.45, 7) is 9.94. The Bertz CT molecular complexity index is 933. The second-order valence-electron chi connectivity index (χ2n) is 9.48. The van der Waals surface area contributed by atoms with Crippen LogP contribution >= 0.6 is 0 Å². The minimum absolute atomic E-state index is 0.0384. The van der Waals surface area contributed by atoms with Gasteiger partial charge in [-0.05, 0) is 70.0 Å². The summed E-state index contributed by atoms with van der Waals surface area (Å²) in [5.74, 6) is 1.68. The molecule has 1 atom stereocenters. The van der Waals surface area contributed by atoms with Crippen molar-refractivity contribution >= 4 is 17.2 Å². The van der Waals surface area contributed by atoms with Crippen molar-refractivity contribution in [1.29, 1.82) is 0 Å². The van der Waals surface area contributed by atoms with Gasteiger partial charge < -0.3 is 19.9 Å². The maximum Gasteiger partial charge on any atom is 0.248 e. The molecule has 168 valence electrons. The van der Waals surface area contributed by atoms with Crippen LogP contribution in [0.3, 0.4) is 0 Å². The van der Waals surface area contributed by atoms with E-state index in [1.807, 2.05) is 18.7 Å². The summed E-state index contributed by atoms with van der Waals surface area (Å²) < 4.78 is 7.53. The van der Waals surface area contributed by atoms with Gasteiger partial charge in [-0.15, -0.1) is 10.2 Å². The fourth-order valence-electron chi connectivity index (χ4n) is 4.79. The maximum atomic E-state index is 12.5. The van der Waals surface area contributed by atoms with Gasteiger partial charge in [-0.2, -0.15) is 9.61 Å². The Morgan fingerprint density at radius 1 is 1.13 bits per heavy atom. The first-order valence-corrected chi connectivity index (χ1v) is 11.6. The molecule has 2 aromatic heterocycles. The number of piperidine rings is 1.